The van der Waals surface area contributed by atoms with Crippen LogP contribution in [-0.2, 0) is 4.74 Å². The van der Waals surface area contributed by atoms with Gasteiger partial charge in [0, 0.05) is 25.9 Å². The van der Waals surface area contributed by atoms with Gasteiger partial charge >= 0.3 is 0 Å². The smallest absolute Gasteiger partial charge is 0.224 e. The van der Waals surface area contributed by atoms with Crippen LogP contribution in [0.5, 0.6) is 0 Å². The minimum Gasteiger partial charge on any atom is -0.383 e. The average molecular weight is 224 g/mol. The third-order valence-electron chi connectivity index (χ3n) is 2.00. The van der Waals surface area contributed by atoms with E-state index in [0.29, 0.717) is 12.6 Å². The SMILES string of the molecule is CCCNc1nccc(NC(C)COC)n1. The molecule has 5 nitrogen and oxygen atoms in total. The van der Waals surface area contributed by atoms with Crippen molar-refractivity contribution < 1.29 is 4.74 Å². The zero-order valence-electron chi connectivity index (χ0n) is 10.2. The van der Waals surface area contributed by atoms with Gasteiger partial charge in [0.15, 0.2) is 0 Å². The molecule has 0 aliphatic carbocycles. The molecule has 0 aromatic carbocycles. The maximum atomic E-state index is 5.05. The fourth-order valence-corrected chi connectivity index (χ4v) is 1.31. The van der Waals surface area contributed by atoms with Crippen LogP contribution in [0.2, 0.25) is 0 Å². The number of nitrogens with one attached hydrogen (secondary N) is 2. The molecule has 0 radical (unpaired) electrons. The lowest BCUT2D eigenvalue weighted by molar-refractivity contribution is 0.190. The zero-order chi connectivity index (χ0) is 11.8. The summed E-state index contributed by atoms with van der Waals surface area (Å²) >= 11 is 0. The molecule has 1 rings (SSSR count). The molecular weight excluding hydrogens is 204 g/mol. The van der Waals surface area contributed by atoms with Crippen LogP contribution in [0, 0.1) is 0 Å². The van der Waals surface area contributed by atoms with Crippen molar-refractivity contribution in [3.05, 3.63) is 12.3 Å². The van der Waals surface area contributed by atoms with Crippen molar-refractivity contribution in [1.29, 1.82) is 0 Å². The average Bonchev–Trinajstić information content (AvgIpc) is 2.27. The fraction of sp³-hybridized carbons (Fsp3) is 0.636. The Morgan fingerprint density at radius 2 is 2.31 bits per heavy atom. The summed E-state index contributed by atoms with van der Waals surface area (Å²) in [4.78, 5) is 8.48. The lowest BCUT2D eigenvalue weighted by Crippen LogP contribution is -2.21. The Morgan fingerprint density at radius 3 is 3.00 bits per heavy atom. The van der Waals surface area contributed by atoms with E-state index in [0.717, 1.165) is 18.8 Å². The van der Waals surface area contributed by atoms with Gasteiger partial charge in [-0.05, 0) is 19.4 Å². The first kappa shape index (κ1) is 12.7. The molecule has 0 saturated heterocycles. The molecule has 0 aliphatic rings. The van der Waals surface area contributed by atoms with Crippen LogP contribution in [0.1, 0.15) is 20.3 Å². The Hall–Kier alpha value is -1.36. The van der Waals surface area contributed by atoms with E-state index in [1.165, 1.54) is 0 Å². The Kier molecular flexibility index (Phi) is 5.56. The van der Waals surface area contributed by atoms with Crippen LogP contribution >= 0.6 is 0 Å². The number of anilines is 2. The van der Waals surface area contributed by atoms with Crippen molar-refractivity contribution in [1.82, 2.24) is 9.97 Å². The van der Waals surface area contributed by atoms with Crippen molar-refractivity contribution in [2.75, 3.05) is 30.9 Å². The second-order valence-electron chi connectivity index (χ2n) is 3.69. The minimum atomic E-state index is 0.235. The first-order valence-electron chi connectivity index (χ1n) is 5.58. The molecular formula is C11H20N4O. The second-order valence-corrected chi connectivity index (χ2v) is 3.69. The van der Waals surface area contributed by atoms with Gasteiger partial charge in [0.2, 0.25) is 5.95 Å². The summed E-state index contributed by atoms with van der Waals surface area (Å²) in [5.41, 5.74) is 0. The highest BCUT2D eigenvalue weighted by molar-refractivity contribution is 5.40. The van der Waals surface area contributed by atoms with E-state index >= 15 is 0 Å². The molecule has 0 aliphatic heterocycles. The number of nitrogens with zero attached hydrogens (tertiary/aromatic N) is 2. The molecule has 1 aromatic rings. The molecule has 0 saturated carbocycles. The van der Waals surface area contributed by atoms with E-state index in [-0.39, 0.29) is 6.04 Å². The zero-order valence-corrected chi connectivity index (χ0v) is 10.2. The van der Waals surface area contributed by atoms with Gasteiger partial charge in [-0.1, -0.05) is 6.92 Å². The lowest BCUT2D eigenvalue weighted by Gasteiger charge is -2.13. The van der Waals surface area contributed by atoms with Gasteiger partial charge in [0.25, 0.3) is 0 Å². The van der Waals surface area contributed by atoms with E-state index in [9.17, 15) is 0 Å². The molecule has 2 N–H and O–H groups in total. The highest BCUT2D eigenvalue weighted by atomic mass is 16.5. The maximum absolute atomic E-state index is 5.05. The Morgan fingerprint density at radius 1 is 1.50 bits per heavy atom. The van der Waals surface area contributed by atoms with Gasteiger partial charge in [-0.15, -0.1) is 0 Å². The predicted octanol–water partition coefficient (Wildman–Crippen LogP) is 1.75. The van der Waals surface area contributed by atoms with E-state index < -0.39 is 0 Å². The number of hydrogen-bond acceptors (Lipinski definition) is 5. The third-order valence-corrected chi connectivity index (χ3v) is 2.00. The molecule has 0 amide bonds. The summed E-state index contributed by atoms with van der Waals surface area (Å²) in [7, 11) is 1.69. The van der Waals surface area contributed by atoms with Crippen molar-refractivity contribution in [2.45, 2.75) is 26.3 Å². The summed E-state index contributed by atoms with van der Waals surface area (Å²) < 4.78 is 5.05. The number of aromatic nitrogens is 2. The molecule has 0 spiro atoms. The molecule has 0 fully saturated rings. The molecule has 1 aromatic heterocycles. The lowest BCUT2D eigenvalue weighted by atomic mass is 10.3. The van der Waals surface area contributed by atoms with E-state index in [4.69, 9.17) is 4.74 Å². The Bertz CT molecular complexity index is 306. The largest absolute Gasteiger partial charge is 0.383 e. The quantitative estimate of drug-likeness (QED) is 0.739. The van der Waals surface area contributed by atoms with Gasteiger partial charge in [-0.2, -0.15) is 4.98 Å². The monoisotopic (exact) mass is 224 g/mol. The standard InChI is InChI=1S/C11H20N4O/c1-4-6-12-11-13-7-5-10(15-11)14-9(2)8-16-3/h5,7,9H,4,6,8H2,1-3H3,(H2,12,13,14,15). The van der Waals surface area contributed by atoms with Gasteiger partial charge < -0.3 is 15.4 Å². The third kappa shape index (κ3) is 4.44. The van der Waals surface area contributed by atoms with Gasteiger partial charge in [-0.3, -0.25) is 0 Å². The molecule has 5 heteroatoms. The normalized spacial score (nSPS) is 12.2. The topological polar surface area (TPSA) is 59.1 Å². The molecule has 1 atom stereocenters. The fourth-order valence-electron chi connectivity index (χ4n) is 1.31. The molecule has 0 bridgehead atoms. The van der Waals surface area contributed by atoms with E-state index in [2.05, 4.69) is 27.5 Å². The highest BCUT2D eigenvalue weighted by Gasteiger charge is 2.03. The van der Waals surface area contributed by atoms with Crippen molar-refractivity contribution in [3.63, 3.8) is 0 Å². The summed E-state index contributed by atoms with van der Waals surface area (Å²) in [5.74, 6) is 1.48. The molecule has 90 valence electrons. The van der Waals surface area contributed by atoms with Crippen LogP contribution in [0.4, 0.5) is 11.8 Å². The highest BCUT2D eigenvalue weighted by Crippen LogP contribution is 2.07. The summed E-state index contributed by atoms with van der Waals surface area (Å²) in [6, 6.07) is 2.09. The number of hydrogen-bond donors (Lipinski definition) is 2. The van der Waals surface area contributed by atoms with Crippen LogP contribution in [0.25, 0.3) is 0 Å². The van der Waals surface area contributed by atoms with Crippen LogP contribution in [0.15, 0.2) is 12.3 Å². The summed E-state index contributed by atoms with van der Waals surface area (Å²) in [6.07, 6.45) is 2.80. The second kappa shape index (κ2) is 7.00. The number of methoxy groups -OCH3 is 1. The Labute approximate surface area is 96.6 Å². The van der Waals surface area contributed by atoms with Crippen molar-refractivity contribution in [3.8, 4) is 0 Å². The molecule has 16 heavy (non-hydrogen) atoms. The predicted molar refractivity (Wildman–Crippen MR) is 65.8 cm³/mol. The van der Waals surface area contributed by atoms with Crippen molar-refractivity contribution >= 4 is 11.8 Å². The summed E-state index contributed by atoms with van der Waals surface area (Å²) in [6.45, 7) is 5.69. The molecule has 1 heterocycles. The van der Waals surface area contributed by atoms with Crippen molar-refractivity contribution in [2.24, 2.45) is 0 Å². The van der Waals surface area contributed by atoms with E-state index in [1.807, 2.05) is 13.0 Å². The van der Waals surface area contributed by atoms with Gasteiger partial charge in [-0.25, -0.2) is 4.98 Å². The molecule has 1 unspecified atom stereocenters. The number of rotatable bonds is 7. The van der Waals surface area contributed by atoms with Crippen LogP contribution in [0.3, 0.4) is 0 Å². The Balaban J connectivity index is 2.52. The maximum Gasteiger partial charge on any atom is 0.224 e. The van der Waals surface area contributed by atoms with Crippen LogP contribution < -0.4 is 10.6 Å². The number of ether oxygens (including phenoxy) is 1. The minimum absolute atomic E-state index is 0.235. The van der Waals surface area contributed by atoms with Gasteiger partial charge in [0.05, 0.1) is 6.61 Å². The summed E-state index contributed by atoms with van der Waals surface area (Å²) in [5, 5.41) is 6.39. The van der Waals surface area contributed by atoms with Gasteiger partial charge in [0.1, 0.15) is 5.82 Å². The van der Waals surface area contributed by atoms with Crippen LogP contribution in [-0.4, -0.2) is 36.3 Å². The first-order chi connectivity index (χ1) is 7.76. The van der Waals surface area contributed by atoms with E-state index in [1.54, 1.807) is 13.3 Å². The first-order valence-corrected chi connectivity index (χ1v) is 5.58.